The number of aryl methyl sites for hydroxylation is 2. The van der Waals surface area contributed by atoms with Gasteiger partial charge in [-0.3, -0.25) is 9.48 Å². The summed E-state index contributed by atoms with van der Waals surface area (Å²) in [5.41, 5.74) is 2.72. The fourth-order valence-corrected chi connectivity index (χ4v) is 1.98. The molecule has 5 nitrogen and oxygen atoms in total. The molecule has 0 radical (unpaired) electrons. The molecule has 18 heavy (non-hydrogen) atoms. The van der Waals surface area contributed by atoms with Crippen molar-refractivity contribution in [1.82, 2.24) is 19.6 Å². The van der Waals surface area contributed by atoms with E-state index in [-0.39, 0.29) is 5.56 Å². The zero-order valence-corrected chi connectivity index (χ0v) is 10.2. The Morgan fingerprint density at radius 2 is 1.89 bits per heavy atom. The highest BCUT2D eigenvalue weighted by molar-refractivity contribution is 5.83. The SMILES string of the molecule is Cn1nc(-c2ccc3c(cnn3C)c2)ccc1=O. The number of hydrogen-bond acceptors (Lipinski definition) is 3. The van der Waals surface area contributed by atoms with E-state index in [1.54, 1.807) is 13.1 Å². The number of rotatable bonds is 1. The Hall–Kier alpha value is -2.43. The zero-order chi connectivity index (χ0) is 12.7. The second-order valence-electron chi connectivity index (χ2n) is 4.22. The summed E-state index contributed by atoms with van der Waals surface area (Å²) in [6.45, 7) is 0. The molecule has 0 aliphatic rings. The lowest BCUT2D eigenvalue weighted by molar-refractivity contribution is 0.712. The van der Waals surface area contributed by atoms with Crippen molar-refractivity contribution in [2.45, 2.75) is 0 Å². The molecule has 3 rings (SSSR count). The summed E-state index contributed by atoms with van der Waals surface area (Å²) < 4.78 is 3.16. The molecule has 0 aliphatic heterocycles. The Bertz CT molecular complexity index is 785. The van der Waals surface area contributed by atoms with Crippen molar-refractivity contribution < 1.29 is 0 Å². The van der Waals surface area contributed by atoms with Gasteiger partial charge in [0.2, 0.25) is 0 Å². The minimum absolute atomic E-state index is 0.110. The summed E-state index contributed by atoms with van der Waals surface area (Å²) in [5, 5.41) is 9.50. The van der Waals surface area contributed by atoms with Gasteiger partial charge in [0.25, 0.3) is 5.56 Å². The standard InChI is InChI=1S/C13H12N4O/c1-16-12-5-3-9(7-10(12)8-14-16)11-4-6-13(18)17(2)15-11/h3-8H,1-2H3. The van der Waals surface area contributed by atoms with Gasteiger partial charge in [-0.15, -0.1) is 0 Å². The first kappa shape index (κ1) is 10.7. The Morgan fingerprint density at radius 3 is 2.67 bits per heavy atom. The lowest BCUT2D eigenvalue weighted by Crippen LogP contribution is -2.18. The van der Waals surface area contributed by atoms with Crippen LogP contribution in [-0.2, 0) is 14.1 Å². The summed E-state index contributed by atoms with van der Waals surface area (Å²) in [6.07, 6.45) is 1.82. The van der Waals surface area contributed by atoms with Gasteiger partial charge >= 0.3 is 0 Å². The normalized spacial score (nSPS) is 11.0. The van der Waals surface area contributed by atoms with Crippen LogP contribution < -0.4 is 5.56 Å². The van der Waals surface area contributed by atoms with Crippen molar-refractivity contribution in [3.8, 4) is 11.3 Å². The van der Waals surface area contributed by atoms with E-state index >= 15 is 0 Å². The summed E-state index contributed by atoms with van der Waals surface area (Å²) in [6, 6.07) is 9.27. The van der Waals surface area contributed by atoms with Crippen LogP contribution in [0.25, 0.3) is 22.2 Å². The Balaban J connectivity index is 2.18. The second kappa shape index (κ2) is 3.80. The topological polar surface area (TPSA) is 52.7 Å². The summed E-state index contributed by atoms with van der Waals surface area (Å²) in [5.74, 6) is 0. The van der Waals surface area contributed by atoms with Gasteiger partial charge in [0, 0.05) is 31.1 Å². The van der Waals surface area contributed by atoms with E-state index < -0.39 is 0 Å². The highest BCUT2D eigenvalue weighted by Gasteiger charge is 2.04. The largest absolute Gasteiger partial charge is 0.268 e. The molecule has 0 amide bonds. The van der Waals surface area contributed by atoms with Crippen LogP contribution in [-0.4, -0.2) is 19.6 Å². The van der Waals surface area contributed by atoms with Crippen LogP contribution in [0.2, 0.25) is 0 Å². The van der Waals surface area contributed by atoms with Crippen molar-refractivity contribution in [2.75, 3.05) is 0 Å². The van der Waals surface area contributed by atoms with Crippen molar-refractivity contribution in [3.63, 3.8) is 0 Å². The third-order valence-corrected chi connectivity index (χ3v) is 3.00. The summed E-state index contributed by atoms with van der Waals surface area (Å²) in [7, 11) is 3.56. The van der Waals surface area contributed by atoms with E-state index in [0.29, 0.717) is 0 Å². The van der Waals surface area contributed by atoms with Gasteiger partial charge in [-0.2, -0.15) is 10.2 Å². The van der Waals surface area contributed by atoms with E-state index in [0.717, 1.165) is 22.2 Å². The second-order valence-corrected chi connectivity index (χ2v) is 4.22. The summed E-state index contributed by atoms with van der Waals surface area (Å²) in [4.78, 5) is 11.3. The van der Waals surface area contributed by atoms with E-state index in [1.807, 2.05) is 36.1 Å². The van der Waals surface area contributed by atoms with Gasteiger partial charge in [-0.05, 0) is 18.2 Å². The molecule has 0 fully saturated rings. The molecular weight excluding hydrogens is 228 g/mol. The maximum atomic E-state index is 11.3. The van der Waals surface area contributed by atoms with Crippen molar-refractivity contribution >= 4 is 10.9 Å². The zero-order valence-electron chi connectivity index (χ0n) is 10.2. The predicted molar refractivity (Wildman–Crippen MR) is 69.2 cm³/mol. The molecule has 3 aromatic rings. The Labute approximate surface area is 103 Å². The first-order valence-electron chi connectivity index (χ1n) is 5.61. The van der Waals surface area contributed by atoms with Gasteiger partial charge in [0.1, 0.15) is 0 Å². The molecule has 0 saturated carbocycles. The highest BCUT2D eigenvalue weighted by atomic mass is 16.1. The number of aromatic nitrogens is 4. The number of nitrogens with zero attached hydrogens (tertiary/aromatic N) is 4. The third-order valence-electron chi connectivity index (χ3n) is 3.00. The highest BCUT2D eigenvalue weighted by Crippen LogP contribution is 2.21. The first-order chi connectivity index (χ1) is 8.65. The molecule has 0 N–H and O–H groups in total. The monoisotopic (exact) mass is 240 g/mol. The number of hydrogen-bond donors (Lipinski definition) is 0. The molecule has 1 aromatic carbocycles. The van der Waals surface area contributed by atoms with Gasteiger partial charge < -0.3 is 0 Å². The number of fused-ring (bicyclic) bond motifs is 1. The van der Waals surface area contributed by atoms with E-state index in [1.165, 1.54) is 10.7 Å². The minimum atomic E-state index is -0.110. The molecule has 0 atom stereocenters. The van der Waals surface area contributed by atoms with Crippen LogP contribution in [0, 0.1) is 0 Å². The van der Waals surface area contributed by atoms with Crippen LogP contribution >= 0.6 is 0 Å². The van der Waals surface area contributed by atoms with Crippen LogP contribution in [0.5, 0.6) is 0 Å². The molecule has 0 spiro atoms. The van der Waals surface area contributed by atoms with Crippen LogP contribution in [0.15, 0.2) is 41.3 Å². The minimum Gasteiger partial charge on any atom is -0.268 e. The maximum absolute atomic E-state index is 11.3. The maximum Gasteiger partial charge on any atom is 0.266 e. The van der Waals surface area contributed by atoms with E-state index in [4.69, 9.17) is 0 Å². The van der Waals surface area contributed by atoms with Crippen LogP contribution in [0.1, 0.15) is 0 Å². The van der Waals surface area contributed by atoms with Gasteiger partial charge in [-0.25, -0.2) is 4.68 Å². The van der Waals surface area contributed by atoms with E-state index in [9.17, 15) is 4.79 Å². The van der Waals surface area contributed by atoms with Gasteiger partial charge in [-0.1, -0.05) is 6.07 Å². The lowest BCUT2D eigenvalue weighted by atomic mass is 10.1. The van der Waals surface area contributed by atoms with Gasteiger partial charge in [0.15, 0.2) is 0 Å². The molecule has 0 unspecified atom stereocenters. The molecular formula is C13H12N4O. The van der Waals surface area contributed by atoms with Crippen molar-refractivity contribution in [3.05, 3.63) is 46.9 Å². The van der Waals surface area contributed by atoms with E-state index in [2.05, 4.69) is 10.2 Å². The van der Waals surface area contributed by atoms with Gasteiger partial charge in [0.05, 0.1) is 17.4 Å². The molecule has 2 heterocycles. The van der Waals surface area contributed by atoms with Crippen LogP contribution in [0.4, 0.5) is 0 Å². The average molecular weight is 240 g/mol. The molecule has 0 saturated heterocycles. The Kier molecular flexibility index (Phi) is 2.26. The lowest BCUT2D eigenvalue weighted by Gasteiger charge is -2.03. The molecule has 2 aromatic heterocycles. The van der Waals surface area contributed by atoms with Crippen LogP contribution in [0.3, 0.4) is 0 Å². The smallest absolute Gasteiger partial charge is 0.266 e. The van der Waals surface area contributed by atoms with Crippen molar-refractivity contribution in [2.24, 2.45) is 14.1 Å². The fraction of sp³-hybridized carbons (Fsp3) is 0.154. The molecule has 90 valence electrons. The predicted octanol–water partition coefficient (Wildman–Crippen LogP) is 1.33. The quantitative estimate of drug-likeness (QED) is 0.645. The fourth-order valence-electron chi connectivity index (χ4n) is 1.98. The van der Waals surface area contributed by atoms with Crippen molar-refractivity contribution in [1.29, 1.82) is 0 Å². The third kappa shape index (κ3) is 1.60. The number of benzene rings is 1. The summed E-state index contributed by atoms with van der Waals surface area (Å²) >= 11 is 0. The first-order valence-corrected chi connectivity index (χ1v) is 5.61. The average Bonchev–Trinajstić information content (AvgIpc) is 2.74. The molecule has 5 heteroatoms. The molecule has 0 aliphatic carbocycles. The molecule has 0 bridgehead atoms. The Morgan fingerprint density at radius 1 is 1.06 bits per heavy atom.